The van der Waals surface area contributed by atoms with Gasteiger partial charge in [-0.3, -0.25) is 14.9 Å². The minimum Gasteiger partial charge on any atom is -0.289 e. The Bertz CT molecular complexity index is 606. The Balaban J connectivity index is 0.000000861. The molecule has 0 spiro atoms. The first-order chi connectivity index (χ1) is 9.18. The minimum atomic E-state index is -0.512. The molecule has 0 aliphatic heterocycles. The van der Waals surface area contributed by atoms with E-state index in [0.29, 0.717) is 11.1 Å². The molecule has 0 unspecified atom stereocenters. The molecule has 0 amide bonds. The molecule has 0 saturated carbocycles. The summed E-state index contributed by atoms with van der Waals surface area (Å²) in [5.41, 5.74) is 0.769. The highest BCUT2D eigenvalue weighted by molar-refractivity contribution is 6.09. The van der Waals surface area contributed by atoms with Crippen molar-refractivity contribution in [3.8, 4) is 6.57 Å². The molecule has 2 aromatic carbocycles. The van der Waals surface area contributed by atoms with Crippen molar-refractivity contribution in [1.29, 1.82) is 5.26 Å². The summed E-state index contributed by atoms with van der Waals surface area (Å²) >= 11 is 0. The number of nitro groups is 1. The molecule has 0 N–H and O–H groups in total. The van der Waals surface area contributed by atoms with Gasteiger partial charge in [0.15, 0.2) is 5.78 Å². The Labute approximate surface area is 109 Å². The zero-order chi connectivity index (χ0) is 14.3. The van der Waals surface area contributed by atoms with E-state index in [-0.39, 0.29) is 11.5 Å². The van der Waals surface area contributed by atoms with E-state index in [1.54, 1.807) is 30.3 Å². The first-order valence-electron chi connectivity index (χ1n) is 5.28. The van der Waals surface area contributed by atoms with Crippen molar-refractivity contribution >= 4 is 11.5 Å². The summed E-state index contributed by atoms with van der Waals surface area (Å²) in [7, 11) is 0. The van der Waals surface area contributed by atoms with Crippen molar-refractivity contribution in [2.45, 2.75) is 0 Å². The van der Waals surface area contributed by atoms with Gasteiger partial charge in [0.1, 0.15) is 0 Å². The van der Waals surface area contributed by atoms with Crippen LogP contribution in [0.1, 0.15) is 15.9 Å². The highest BCUT2D eigenvalue weighted by Gasteiger charge is 2.12. The largest absolute Gasteiger partial charge is 0.289 e. The average Bonchev–Trinajstić information content (AvgIpc) is 2.49. The summed E-state index contributed by atoms with van der Waals surface area (Å²) < 4.78 is 0. The second-order valence-corrected chi connectivity index (χ2v) is 3.50. The third kappa shape index (κ3) is 3.48. The zero-order valence-corrected chi connectivity index (χ0v) is 9.89. The number of nitrogens with zero attached hydrogens (tertiary/aromatic N) is 2. The van der Waals surface area contributed by atoms with Crippen LogP contribution in [0.15, 0.2) is 54.6 Å². The van der Waals surface area contributed by atoms with E-state index in [2.05, 4.69) is 6.57 Å². The minimum absolute atomic E-state index is 0.0771. The number of carbonyl (C=O) groups is 1. The average molecular weight is 254 g/mol. The predicted molar refractivity (Wildman–Crippen MR) is 69.6 cm³/mol. The molecular weight excluding hydrogens is 244 g/mol. The summed E-state index contributed by atoms with van der Waals surface area (Å²) in [5, 5.41) is 17.1. The summed E-state index contributed by atoms with van der Waals surface area (Å²) in [4.78, 5) is 22.1. The molecule has 0 fully saturated rings. The van der Waals surface area contributed by atoms with E-state index in [4.69, 9.17) is 5.26 Å². The third-order valence-electron chi connectivity index (χ3n) is 2.36. The number of benzene rings is 2. The van der Waals surface area contributed by atoms with Crippen LogP contribution in [0.4, 0.5) is 5.69 Å². The molecule has 5 heteroatoms. The van der Waals surface area contributed by atoms with Crippen molar-refractivity contribution in [1.82, 2.24) is 0 Å². The van der Waals surface area contributed by atoms with Gasteiger partial charge < -0.3 is 0 Å². The van der Waals surface area contributed by atoms with Gasteiger partial charge in [0, 0.05) is 29.8 Å². The van der Waals surface area contributed by atoms with E-state index >= 15 is 0 Å². The molecule has 0 bridgehead atoms. The molecule has 0 atom stereocenters. The molecule has 0 aliphatic rings. The molecule has 0 aromatic heterocycles. The summed E-state index contributed by atoms with van der Waals surface area (Å²) in [6, 6.07) is 14.4. The predicted octanol–water partition coefficient (Wildman–Crippen LogP) is 2.97. The molecule has 0 heterocycles. The SMILES string of the molecule is C#N.O=C(c1ccccc1)c1cccc([N+](=O)[O-])c1. The zero-order valence-electron chi connectivity index (χ0n) is 9.89. The lowest BCUT2D eigenvalue weighted by atomic mass is 10.0. The highest BCUT2D eigenvalue weighted by atomic mass is 16.6. The molecule has 5 nitrogen and oxygen atoms in total. The van der Waals surface area contributed by atoms with Crippen LogP contribution in [-0.2, 0) is 0 Å². The topological polar surface area (TPSA) is 84.0 Å². The van der Waals surface area contributed by atoms with Crippen molar-refractivity contribution < 1.29 is 9.72 Å². The number of ketones is 1. The summed E-state index contributed by atoms with van der Waals surface area (Å²) in [6.07, 6.45) is 0. The summed E-state index contributed by atoms with van der Waals surface area (Å²) in [5.74, 6) is -0.214. The van der Waals surface area contributed by atoms with Gasteiger partial charge >= 0.3 is 0 Å². The molecular formula is C14H10N2O3. The van der Waals surface area contributed by atoms with E-state index < -0.39 is 4.92 Å². The smallest absolute Gasteiger partial charge is 0.270 e. The second kappa shape index (κ2) is 6.67. The first kappa shape index (κ1) is 14.1. The highest BCUT2D eigenvalue weighted by Crippen LogP contribution is 2.16. The maximum absolute atomic E-state index is 12.0. The van der Waals surface area contributed by atoms with Crippen molar-refractivity contribution in [3.05, 3.63) is 75.8 Å². The van der Waals surface area contributed by atoms with Crippen LogP contribution in [0.3, 0.4) is 0 Å². The van der Waals surface area contributed by atoms with E-state index in [9.17, 15) is 14.9 Å². The number of carbonyl (C=O) groups excluding carboxylic acids is 1. The lowest BCUT2D eigenvalue weighted by Crippen LogP contribution is -2.01. The van der Waals surface area contributed by atoms with Gasteiger partial charge in [0.2, 0.25) is 0 Å². The van der Waals surface area contributed by atoms with Gasteiger partial charge in [0.25, 0.3) is 5.69 Å². The maximum atomic E-state index is 12.0. The number of hydrogen-bond acceptors (Lipinski definition) is 4. The molecule has 0 aliphatic carbocycles. The van der Waals surface area contributed by atoms with Crippen LogP contribution in [0.2, 0.25) is 0 Å². The number of hydrogen-bond donors (Lipinski definition) is 0. The summed E-state index contributed by atoms with van der Waals surface area (Å²) in [6.45, 7) is 3.50. The van der Waals surface area contributed by atoms with Crippen molar-refractivity contribution in [3.63, 3.8) is 0 Å². The van der Waals surface area contributed by atoms with E-state index in [1.807, 2.05) is 6.07 Å². The third-order valence-corrected chi connectivity index (χ3v) is 2.36. The Hall–Kier alpha value is -3.00. The number of nitriles is 1. The standard InChI is InChI=1S/C13H9NO3.CHN/c15-13(10-5-2-1-3-6-10)11-7-4-8-12(9-11)14(16)17;1-2/h1-9H;1H. The van der Waals surface area contributed by atoms with Crippen LogP contribution in [0.5, 0.6) is 0 Å². The number of rotatable bonds is 3. The van der Waals surface area contributed by atoms with Crippen molar-refractivity contribution in [2.75, 3.05) is 0 Å². The Kier molecular flexibility index (Phi) is 4.93. The molecule has 2 aromatic rings. The van der Waals surface area contributed by atoms with Gasteiger partial charge in [-0.1, -0.05) is 42.5 Å². The lowest BCUT2D eigenvalue weighted by molar-refractivity contribution is -0.384. The molecule has 0 saturated heterocycles. The van der Waals surface area contributed by atoms with E-state index in [0.717, 1.165) is 0 Å². The normalized spacial score (nSPS) is 8.95. The van der Waals surface area contributed by atoms with Crippen LogP contribution < -0.4 is 0 Å². The Morgan fingerprint density at radius 3 is 2.16 bits per heavy atom. The number of nitro benzene ring substituents is 1. The van der Waals surface area contributed by atoms with Crippen LogP contribution in [0, 0.1) is 21.9 Å². The van der Waals surface area contributed by atoms with Crippen LogP contribution in [0.25, 0.3) is 0 Å². The Morgan fingerprint density at radius 2 is 1.58 bits per heavy atom. The number of non-ortho nitro benzene ring substituents is 1. The van der Waals surface area contributed by atoms with Gasteiger partial charge in [-0.25, -0.2) is 5.26 Å². The lowest BCUT2D eigenvalue weighted by Gasteiger charge is -2.00. The molecule has 94 valence electrons. The monoisotopic (exact) mass is 254 g/mol. The fraction of sp³-hybridized carbons (Fsp3) is 0. The van der Waals surface area contributed by atoms with Crippen LogP contribution in [-0.4, -0.2) is 10.7 Å². The van der Waals surface area contributed by atoms with Gasteiger partial charge in [-0.2, -0.15) is 0 Å². The second-order valence-electron chi connectivity index (χ2n) is 3.50. The van der Waals surface area contributed by atoms with Crippen molar-refractivity contribution in [2.24, 2.45) is 0 Å². The van der Waals surface area contributed by atoms with Gasteiger partial charge in [-0.05, 0) is 0 Å². The van der Waals surface area contributed by atoms with Crippen LogP contribution >= 0.6 is 0 Å². The maximum Gasteiger partial charge on any atom is 0.270 e. The van der Waals surface area contributed by atoms with Gasteiger partial charge in [0.05, 0.1) is 4.92 Å². The molecule has 0 radical (unpaired) electrons. The van der Waals surface area contributed by atoms with E-state index in [1.165, 1.54) is 18.2 Å². The first-order valence-corrected chi connectivity index (χ1v) is 5.28. The quantitative estimate of drug-likeness (QED) is 0.478. The fourth-order valence-electron chi connectivity index (χ4n) is 1.52. The molecule has 2 rings (SSSR count). The van der Waals surface area contributed by atoms with Gasteiger partial charge in [-0.15, -0.1) is 0 Å². The Morgan fingerprint density at radius 1 is 1.00 bits per heavy atom. The molecule has 19 heavy (non-hydrogen) atoms. The fourth-order valence-corrected chi connectivity index (χ4v) is 1.52.